The van der Waals surface area contributed by atoms with Gasteiger partial charge in [-0.05, 0) is 56.7 Å². The summed E-state index contributed by atoms with van der Waals surface area (Å²) >= 11 is 0. The van der Waals surface area contributed by atoms with Gasteiger partial charge in [0.1, 0.15) is 0 Å². The topological polar surface area (TPSA) is 97.3 Å². The van der Waals surface area contributed by atoms with Crippen molar-refractivity contribution >= 4 is 28.2 Å². The SMILES string of the molecule is Cc1cccc(C(=O)Nc2cc3cn(C4CCC(O)CC4)nc3cc2N2CCCC2)[n+]1[O-]. The summed E-state index contributed by atoms with van der Waals surface area (Å²) in [7, 11) is 0. The first-order valence-electron chi connectivity index (χ1n) is 11.5. The third-order valence-corrected chi connectivity index (χ3v) is 6.74. The molecule has 1 aliphatic heterocycles. The average Bonchev–Trinajstić information content (AvgIpc) is 3.45. The van der Waals surface area contributed by atoms with Crippen LogP contribution >= 0.6 is 0 Å². The number of carbonyl (C=O) groups is 1. The number of benzene rings is 1. The number of aliphatic hydroxyl groups excluding tert-OH is 1. The molecule has 2 fully saturated rings. The number of nitrogens with one attached hydrogen (secondary N) is 1. The van der Waals surface area contributed by atoms with Crippen LogP contribution < -0.4 is 14.9 Å². The van der Waals surface area contributed by atoms with E-state index in [1.165, 1.54) is 0 Å². The van der Waals surface area contributed by atoms with E-state index in [2.05, 4.69) is 10.2 Å². The molecule has 2 aromatic heterocycles. The molecule has 8 nitrogen and oxygen atoms in total. The van der Waals surface area contributed by atoms with Crippen molar-refractivity contribution in [3.05, 3.63) is 53.1 Å². The first-order valence-corrected chi connectivity index (χ1v) is 11.5. The first kappa shape index (κ1) is 20.8. The third-order valence-electron chi connectivity index (χ3n) is 6.74. The predicted octanol–water partition coefficient (Wildman–Crippen LogP) is 3.31. The van der Waals surface area contributed by atoms with Crippen LogP contribution in [0.3, 0.4) is 0 Å². The van der Waals surface area contributed by atoms with Gasteiger partial charge in [0.2, 0.25) is 0 Å². The van der Waals surface area contributed by atoms with Gasteiger partial charge in [0.15, 0.2) is 5.69 Å². The minimum absolute atomic E-state index is 0.0777. The van der Waals surface area contributed by atoms with Crippen LogP contribution in [0.1, 0.15) is 60.7 Å². The number of aryl methyl sites for hydroxylation is 1. The monoisotopic (exact) mass is 435 g/mol. The highest BCUT2D eigenvalue weighted by atomic mass is 16.5. The fourth-order valence-electron chi connectivity index (χ4n) is 4.87. The molecule has 0 unspecified atom stereocenters. The fraction of sp³-hybridized carbons (Fsp3) is 0.458. The predicted molar refractivity (Wildman–Crippen MR) is 123 cm³/mol. The van der Waals surface area contributed by atoms with E-state index in [9.17, 15) is 15.1 Å². The van der Waals surface area contributed by atoms with Crippen LogP contribution in [-0.4, -0.2) is 40.0 Å². The summed E-state index contributed by atoms with van der Waals surface area (Å²) in [5, 5.41) is 31.0. The van der Waals surface area contributed by atoms with Gasteiger partial charge in [0.25, 0.3) is 5.69 Å². The number of pyridine rings is 1. The normalized spacial score (nSPS) is 21.2. The zero-order valence-corrected chi connectivity index (χ0v) is 18.3. The van der Waals surface area contributed by atoms with Gasteiger partial charge >= 0.3 is 5.91 Å². The second kappa shape index (κ2) is 8.43. The molecule has 0 radical (unpaired) electrons. The quantitative estimate of drug-likeness (QED) is 0.484. The van der Waals surface area contributed by atoms with Crippen molar-refractivity contribution in [3.63, 3.8) is 0 Å². The van der Waals surface area contributed by atoms with E-state index in [1.807, 2.05) is 23.0 Å². The van der Waals surface area contributed by atoms with Gasteiger partial charge in [-0.25, -0.2) is 0 Å². The highest BCUT2D eigenvalue weighted by Crippen LogP contribution is 2.35. The van der Waals surface area contributed by atoms with Crippen LogP contribution in [0.5, 0.6) is 0 Å². The van der Waals surface area contributed by atoms with Gasteiger partial charge in [-0.1, -0.05) is 0 Å². The van der Waals surface area contributed by atoms with Crippen LogP contribution in [0.2, 0.25) is 0 Å². The molecule has 32 heavy (non-hydrogen) atoms. The first-order chi connectivity index (χ1) is 15.5. The number of hydrogen-bond donors (Lipinski definition) is 2. The Bertz CT molecular complexity index is 1140. The van der Waals surface area contributed by atoms with Gasteiger partial charge < -0.3 is 20.5 Å². The summed E-state index contributed by atoms with van der Waals surface area (Å²) in [5.41, 5.74) is 3.09. The van der Waals surface area contributed by atoms with Crippen LogP contribution in [0.4, 0.5) is 11.4 Å². The Hall–Kier alpha value is -3.13. The van der Waals surface area contributed by atoms with Crippen LogP contribution in [-0.2, 0) is 0 Å². The van der Waals surface area contributed by atoms with Gasteiger partial charge in [-0.3, -0.25) is 9.48 Å². The third kappa shape index (κ3) is 3.90. The van der Waals surface area contributed by atoms with E-state index in [0.717, 1.165) is 68.2 Å². The molecule has 2 N–H and O–H groups in total. The largest absolute Gasteiger partial charge is 0.618 e. The zero-order valence-electron chi connectivity index (χ0n) is 18.3. The molecule has 1 saturated heterocycles. The van der Waals surface area contributed by atoms with Crippen molar-refractivity contribution in [2.24, 2.45) is 0 Å². The highest BCUT2D eigenvalue weighted by molar-refractivity contribution is 6.05. The molecule has 2 aliphatic rings. The van der Waals surface area contributed by atoms with Crippen molar-refractivity contribution in [3.8, 4) is 0 Å². The number of anilines is 2. The van der Waals surface area contributed by atoms with Crippen LogP contribution in [0, 0.1) is 12.1 Å². The molecule has 8 heteroatoms. The van der Waals surface area contributed by atoms with E-state index >= 15 is 0 Å². The summed E-state index contributed by atoms with van der Waals surface area (Å²) in [4.78, 5) is 15.2. The summed E-state index contributed by atoms with van der Waals surface area (Å²) in [6.07, 6.45) is 7.47. The summed E-state index contributed by atoms with van der Waals surface area (Å²) < 4.78 is 2.68. The van der Waals surface area contributed by atoms with E-state index in [4.69, 9.17) is 5.10 Å². The number of rotatable bonds is 4. The molecule has 5 rings (SSSR count). The van der Waals surface area contributed by atoms with E-state index in [-0.39, 0.29) is 17.8 Å². The molecular weight excluding hydrogens is 406 g/mol. The standard InChI is InChI=1S/C24H29N5O3/c1-16-5-4-6-22(29(16)32)24(31)25-21-13-17-15-28(18-7-9-19(30)10-8-18)26-20(17)14-23(21)27-11-2-3-12-27/h4-6,13-15,18-19,30H,2-3,7-12H2,1H3,(H,25,31). The Morgan fingerprint density at radius 3 is 2.69 bits per heavy atom. The molecule has 1 aliphatic carbocycles. The van der Waals surface area contributed by atoms with Crippen LogP contribution in [0.25, 0.3) is 10.9 Å². The number of amides is 1. The maximum absolute atomic E-state index is 13.0. The molecule has 168 valence electrons. The lowest BCUT2D eigenvalue weighted by atomic mass is 9.93. The second-order valence-corrected chi connectivity index (χ2v) is 8.99. The number of nitrogens with zero attached hydrogens (tertiary/aromatic N) is 4. The molecule has 0 bridgehead atoms. The summed E-state index contributed by atoms with van der Waals surface area (Å²) in [6.45, 7) is 3.55. The van der Waals surface area contributed by atoms with Crippen molar-refractivity contribution < 1.29 is 14.6 Å². The molecular formula is C24H29N5O3. The molecule has 1 aromatic carbocycles. The minimum Gasteiger partial charge on any atom is -0.618 e. The van der Waals surface area contributed by atoms with Crippen molar-refractivity contribution in [1.29, 1.82) is 0 Å². The maximum atomic E-state index is 13.0. The summed E-state index contributed by atoms with van der Waals surface area (Å²) in [6, 6.07) is 9.24. The number of fused-ring (bicyclic) bond motifs is 1. The van der Waals surface area contributed by atoms with Gasteiger partial charge in [-0.15, -0.1) is 0 Å². The van der Waals surface area contributed by atoms with Gasteiger partial charge in [-0.2, -0.15) is 9.83 Å². The Kier molecular flexibility index (Phi) is 5.46. The molecule has 1 saturated carbocycles. The smallest absolute Gasteiger partial charge is 0.321 e. The Morgan fingerprint density at radius 2 is 1.94 bits per heavy atom. The Balaban J connectivity index is 1.50. The van der Waals surface area contributed by atoms with E-state index < -0.39 is 5.91 Å². The highest BCUT2D eigenvalue weighted by Gasteiger charge is 2.25. The molecule has 3 aromatic rings. The zero-order chi connectivity index (χ0) is 22.2. The summed E-state index contributed by atoms with van der Waals surface area (Å²) in [5.74, 6) is -0.419. The Morgan fingerprint density at radius 1 is 1.19 bits per heavy atom. The maximum Gasteiger partial charge on any atom is 0.321 e. The molecule has 0 spiro atoms. The van der Waals surface area contributed by atoms with Gasteiger partial charge in [0, 0.05) is 43.7 Å². The van der Waals surface area contributed by atoms with E-state index in [1.54, 1.807) is 25.1 Å². The van der Waals surface area contributed by atoms with Crippen molar-refractivity contribution in [2.45, 2.75) is 57.6 Å². The lowest BCUT2D eigenvalue weighted by molar-refractivity contribution is -0.614. The van der Waals surface area contributed by atoms with Crippen molar-refractivity contribution in [1.82, 2.24) is 9.78 Å². The molecule has 3 heterocycles. The fourth-order valence-corrected chi connectivity index (χ4v) is 4.87. The number of hydrogen-bond acceptors (Lipinski definition) is 5. The molecule has 0 atom stereocenters. The Labute approximate surface area is 187 Å². The average molecular weight is 436 g/mol. The van der Waals surface area contributed by atoms with E-state index in [0.29, 0.717) is 16.1 Å². The molecule has 1 amide bonds. The minimum atomic E-state index is -0.419. The second-order valence-electron chi connectivity index (χ2n) is 8.99. The lowest BCUT2D eigenvalue weighted by Gasteiger charge is -2.25. The van der Waals surface area contributed by atoms with Crippen LogP contribution in [0.15, 0.2) is 36.5 Å². The number of aliphatic hydroxyl groups is 1. The number of carbonyl (C=O) groups excluding carboxylic acids is 1. The van der Waals surface area contributed by atoms with Gasteiger partial charge in [0.05, 0.1) is 29.0 Å². The number of aromatic nitrogens is 3. The van der Waals surface area contributed by atoms with Crippen molar-refractivity contribution in [2.75, 3.05) is 23.3 Å². The lowest BCUT2D eigenvalue weighted by Crippen LogP contribution is -2.39.